The maximum atomic E-state index is 4.51. The Morgan fingerprint density at radius 3 is 2.65 bits per heavy atom. The quantitative estimate of drug-likeness (QED) is 0.880. The van der Waals surface area contributed by atoms with Gasteiger partial charge in [0.25, 0.3) is 0 Å². The first-order valence-corrected chi connectivity index (χ1v) is 7.10. The van der Waals surface area contributed by atoms with Crippen LogP contribution in [0, 0.1) is 0 Å². The second-order valence-electron chi connectivity index (χ2n) is 4.76. The molecule has 0 bridgehead atoms. The topological polar surface area (TPSA) is 31.4 Å². The Morgan fingerprint density at radius 2 is 2.06 bits per heavy atom. The fourth-order valence-electron chi connectivity index (χ4n) is 2.13. The second kappa shape index (κ2) is 5.80. The Labute approximate surface area is 108 Å². The Balaban J connectivity index is 1.91. The summed E-state index contributed by atoms with van der Waals surface area (Å²) >= 11 is 1.81. The Bertz CT molecular complexity index is 342. The Hall–Kier alpha value is -0.650. The summed E-state index contributed by atoms with van der Waals surface area (Å²) in [4.78, 5) is 10.8. The SMILES string of the molecule is CNCc1cnc(N2CCN(C(C)C)CC2)s1. The van der Waals surface area contributed by atoms with Gasteiger partial charge in [0, 0.05) is 49.8 Å². The van der Waals surface area contributed by atoms with Crippen LogP contribution in [0.1, 0.15) is 18.7 Å². The molecule has 0 radical (unpaired) electrons. The van der Waals surface area contributed by atoms with E-state index in [-0.39, 0.29) is 0 Å². The molecule has 96 valence electrons. The van der Waals surface area contributed by atoms with Gasteiger partial charge in [-0.3, -0.25) is 4.90 Å². The fourth-order valence-corrected chi connectivity index (χ4v) is 3.10. The Kier molecular flexibility index (Phi) is 4.36. The van der Waals surface area contributed by atoms with E-state index < -0.39 is 0 Å². The number of hydrogen-bond acceptors (Lipinski definition) is 5. The van der Waals surface area contributed by atoms with Gasteiger partial charge in [-0.25, -0.2) is 4.98 Å². The van der Waals surface area contributed by atoms with E-state index >= 15 is 0 Å². The minimum absolute atomic E-state index is 0.660. The van der Waals surface area contributed by atoms with Gasteiger partial charge >= 0.3 is 0 Å². The third-order valence-corrected chi connectivity index (χ3v) is 4.27. The number of nitrogens with zero attached hydrogens (tertiary/aromatic N) is 3. The lowest BCUT2D eigenvalue weighted by atomic mass is 10.2. The number of anilines is 1. The molecular weight excluding hydrogens is 232 g/mol. The lowest BCUT2D eigenvalue weighted by Crippen LogP contribution is -2.48. The summed E-state index contributed by atoms with van der Waals surface area (Å²) in [6.45, 7) is 9.96. The smallest absolute Gasteiger partial charge is 0.185 e. The van der Waals surface area contributed by atoms with Crippen molar-refractivity contribution < 1.29 is 0 Å². The van der Waals surface area contributed by atoms with Crippen molar-refractivity contribution in [1.29, 1.82) is 0 Å². The molecule has 0 aromatic carbocycles. The zero-order chi connectivity index (χ0) is 12.3. The van der Waals surface area contributed by atoms with Crippen LogP contribution >= 0.6 is 11.3 Å². The average Bonchev–Trinajstić information content (AvgIpc) is 2.78. The third-order valence-electron chi connectivity index (χ3n) is 3.21. The summed E-state index contributed by atoms with van der Waals surface area (Å²) in [6.07, 6.45) is 1.99. The molecule has 1 fully saturated rings. The molecule has 1 N–H and O–H groups in total. The zero-order valence-corrected chi connectivity index (χ0v) is 11.8. The number of rotatable bonds is 4. The minimum Gasteiger partial charge on any atom is -0.346 e. The molecular formula is C12H22N4S. The summed E-state index contributed by atoms with van der Waals surface area (Å²) in [5, 5.41) is 4.35. The van der Waals surface area contributed by atoms with Crippen molar-refractivity contribution in [2.45, 2.75) is 26.4 Å². The van der Waals surface area contributed by atoms with Gasteiger partial charge in [-0.2, -0.15) is 0 Å². The number of nitrogens with one attached hydrogen (secondary N) is 1. The van der Waals surface area contributed by atoms with Crippen molar-refractivity contribution in [3.8, 4) is 0 Å². The summed E-state index contributed by atoms with van der Waals surface area (Å²) in [5.74, 6) is 0. The van der Waals surface area contributed by atoms with Crippen LogP contribution in [0.2, 0.25) is 0 Å². The van der Waals surface area contributed by atoms with Crippen molar-refractivity contribution in [2.24, 2.45) is 0 Å². The van der Waals surface area contributed by atoms with Gasteiger partial charge in [-0.05, 0) is 20.9 Å². The highest BCUT2D eigenvalue weighted by molar-refractivity contribution is 7.15. The van der Waals surface area contributed by atoms with E-state index in [4.69, 9.17) is 0 Å². The maximum absolute atomic E-state index is 4.51. The molecule has 0 atom stereocenters. The van der Waals surface area contributed by atoms with E-state index in [0.29, 0.717) is 6.04 Å². The van der Waals surface area contributed by atoms with Crippen LogP contribution in [0.15, 0.2) is 6.20 Å². The molecule has 1 aromatic rings. The molecule has 0 saturated carbocycles. The van der Waals surface area contributed by atoms with E-state index in [1.54, 1.807) is 0 Å². The Morgan fingerprint density at radius 1 is 1.35 bits per heavy atom. The van der Waals surface area contributed by atoms with Crippen molar-refractivity contribution in [1.82, 2.24) is 15.2 Å². The molecule has 0 unspecified atom stereocenters. The molecule has 2 rings (SSSR count). The first-order chi connectivity index (χ1) is 8.20. The third kappa shape index (κ3) is 3.18. The predicted molar refractivity (Wildman–Crippen MR) is 73.8 cm³/mol. The highest BCUT2D eigenvalue weighted by atomic mass is 32.1. The van der Waals surface area contributed by atoms with E-state index in [1.165, 1.54) is 10.0 Å². The molecule has 4 nitrogen and oxygen atoms in total. The average molecular weight is 254 g/mol. The van der Waals surface area contributed by atoms with Crippen molar-refractivity contribution >= 4 is 16.5 Å². The van der Waals surface area contributed by atoms with Crippen molar-refractivity contribution in [2.75, 3.05) is 38.1 Å². The van der Waals surface area contributed by atoms with Crippen LogP contribution < -0.4 is 10.2 Å². The predicted octanol–water partition coefficient (Wildman–Crippen LogP) is 1.39. The molecule has 5 heteroatoms. The minimum atomic E-state index is 0.660. The lowest BCUT2D eigenvalue weighted by molar-refractivity contribution is 0.209. The summed E-state index contributed by atoms with van der Waals surface area (Å²) in [5.41, 5.74) is 0. The van der Waals surface area contributed by atoms with Crippen LogP contribution in [-0.2, 0) is 6.54 Å². The molecule has 0 aliphatic carbocycles. The molecule has 0 amide bonds. The van der Waals surface area contributed by atoms with Gasteiger partial charge in [0.1, 0.15) is 0 Å². The standard InChI is InChI=1S/C12H22N4S/c1-10(2)15-4-6-16(7-5-15)12-14-9-11(17-12)8-13-3/h9-10,13H,4-8H2,1-3H3. The molecule has 1 saturated heterocycles. The fraction of sp³-hybridized carbons (Fsp3) is 0.750. The molecule has 2 heterocycles. The van der Waals surface area contributed by atoms with Crippen molar-refractivity contribution in [3.63, 3.8) is 0 Å². The number of piperazine rings is 1. The summed E-state index contributed by atoms with van der Waals surface area (Å²) in [7, 11) is 1.97. The van der Waals surface area contributed by atoms with Crippen LogP contribution in [-0.4, -0.2) is 49.2 Å². The number of hydrogen-bond donors (Lipinski definition) is 1. The van der Waals surface area contributed by atoms with Crippen LogP contribution in [0.5, 0.6) is 0 Å². The van der Waals surface area contributed by atoms with Crippen LogP contribution in [0.25, 0.3) is 0 Å². The normalized spacial score (nSPS) is 18.0. The molecule has 1 aliphatic heterocycles. The zero-order valence-electron chi connectivity index (χ0n) is 10.9. The summed E-state index contributed by atoms with van der Waals surface area (Å²) < 4.78 is 0. The van der Waals surface area contributed by atoms with E-state index in [9.17, 15) is 0 Å². The highest BCUT2D eigenvalue weighted by Crippen LogP contribution is 2.23. The lowest BCUT2D eigenvalue weighted by Gasteiger charge is -2.36. The van der Waals surface area contributed by atoms with Gasteiger partial charge in [0.15, 0.2) is 5.13 Å². The van der Waals surface area contributed by atoms with Gasteiger partial charge in [-0.1, -0.05) is 0 Å². The monoisotopic (exact) mass is 254 g/mol. The number of thiazole rings is 1. The molecule has 17 heavy (non-hydrogen) atoms. The van der Waals surface area contributed by atoms with Gasteiger partial charge < -0.3 is 10.2 Å². The molecule has 0 spiro atoms. The van der Waals surface area contributed by atoms with Crippen LogP contribution in [0.3, 0.4) is 0 Å². The van der Waals surface area contributed by atoms with Gasteiger partial charge in [-0.15, -0.1) is 11.3 Å². The van der Waals surface area contributed by atoms with Gasteiger partial charge in [0.05, 0.1) is 0 Å². The molecule has 1 aliphatic rings. The van der Waals surface area contributed by atoms with Crippen LogP contribution in [0.4, 0.5) is 5.13 Å². The second-order valence-corrected chi connectivity index (χ2v) is 5.85. The van der Waals surface area contributed by atoms with Gasteiger partial charge in [0.2, 0.25) is 0 Å². The first kappa shape index (κ1) is 12.8. The maximum Gasteiger partial charge on any atom is 0.185 e. The summed E-state index contributed by atoms with van der Waals surface area (Å²) in [6, 6.07) is 0.660. The van der Waals surface area contributed by atoms with Crippen molar-refractivity contribution in [3.05, 3.63) is 11.1 Å². The first-order valence-electron chi connectivity index (χ1n) is 6.29. The largest absolute Gasteiger partial charge is 0.346 e. The molecule has 1 aromatic heterocycles. The van der Waals surface area contributed by atoms with E-state index in [2.05, 4.69) is 33.9 Å². The van der Waals surface area contributed by atoms with E-state index in [0.717, 1.165) is 32.7 Å². The highest BCUT2D eigenvalue weighted by Gasteiger charge is 2.20. The van der Waals surface area contributed by atoms with E-state index in [1.807, 2.05) is 24.6 Å². The number of aromatic nitrogens is 1.